The lowest BCUT2D eigenvalue weighted by atomic mass is 9.96. The van der Waals surface area contributed by atoms with E-state index >= 15 is 0 Å². The molecule has 0 spiro atoms. The maximum atomic E-state index is 14.7. The van der Waals surface area contributed by atoms with Gasteiger partial charge in [0.25, 0.3) is 5.91 Å². The fourth-order valence-electron chi connectivity index (χ4n) is 8.31. The van der Waals surface area contributed by atoms with Crippen LogP contribution in [0, 0.1) is 5.92 Å². The first kappa shape index (κ1) is 61.4. The van der Waals surface area contributed by atoms with Crippen molar-refractivity contribution < 1.29 is 85.8 Å². The number of guanidine groups is 1. The quantitative estimate of drug-likeness (QED) is 0.0223. The van der Waals surface area contributed by atoms with Gasteiger partial charge in [-0.05, 0) is 80.8 Å². The van der Waals surface area contributed by atoms with E-state index in [1.54, 1.807) is 13.8 Å². The molecule has 12 atom stereocenters. The molecule has 7 amide bonds. The lowest BCUT2D eigenvalue weighted by molar-refractivity contribution is -0.170. The lowest BCUT2D eigenvalue weighted by Crippen LogP contribution is -2.67. The molecule has 15 N–H and O–H groups in total. The second-order valence-corrected chi connectivity index (χ2v) is 19.6. The van der Waals surface area contributed by atoms with Crippen molar-refractivity contribution >= 4 is 63.7 Å². The maximum Gasteiger partial charge on any atom is 0.397 e. The molecule has 420 valence electrons. The van der Waals surface area contributed by atoms with E-state index in [9.17, 15) is 72.3 Å². The fourth-order valence-corrected chi connectivity index (χ4v) is 8.61. The minimum absolute atomic E-state index is 0.00181. The van der Waals surface area contributed by atoms with E-state index in [4.69, 9.17) is 20.8 Å². The van der Waals surface area contributed by atoms with Crippen molar-refractivity contribution in [1.29, 1.82) is 0 Å². The first-order chi connectivity index (χ1) is 35.6. The van der Waals surface area contributed by atoms with Gasteiger partial charge in [-0.2, -0.15) is 8.42 Å². The number of aliphatic imine (C=N–C) groups is 1. The summed E-state index contributed by atoms with van der Waals surface area (Å²) in [4.78, 5) is 120. The third-order valence-corrected chi connectivity index (χ3v) is 13.2. The Kier molecular flexibility index (Phi) is 22.3. The Balaban J connectivity index is 1.89. The van der Waals surface area contributed by atoms with Crippen LogP contribution in [0.5, 0.6) is 11.5 Å². The number of benzene rings is 2. The molecule has 2 fully saturated rings. The zero-order chi connectivity index (χ0) is 56.8. The number of aliphatic hydroxyl groups is 3. The second-order valence-electron chi connectivity index (χ2n) is 18.6. The van der Waals surface area contributed by atoms with E-state index in [-0.39, 0.29) is 68.1 Å². The van der Waals surface area contributed by atoms with Crippen LogP contribution in [-0.4, -0.2) is 189 Å². The van der Waals surface area contributed by atoms with Gasteiger partial charge in [-0.15, -0.1) is 0 Å². The van der Waals surface area contributed by atoms with Crippen molar-refractivity contribution in [3.63, 3.8) is 0 Å². The summed E-state index contributed by atoms with van der Waals surface area (Å²) in [7, 11) is -3.94. The Hall–Kier alpha value is -7.18. The molecule has 2 aromatic rings. The molecule has 0 aromatic heterocycles. The predicted octanol–water partition coefficient (Wildman–Crippen LogP) is -3.95. The number of aromatic hydroxyl groups is 2. The summed E-state index contributed by atoms with van der Waals surface area (Å²) in [6.45, 7) is 4.22. The van der Waals surface area contributed by atoms with Crippen LogP contribution in [0.25, 0.3) is 0 Å². The number of fused-ring (bicyclic) bond motifs is 2. The molecule has 28 nitrogen and oxygen atoms in total. The number of cyclic esters (lactones) is 1. The van der Waals surface area contributed by atoms with Crippen molar-refractivity contribution in [2.45, 2.75) is 139 Å². The zero-order valence-electron chi connectivity index (χ0n) is 42.4. The van der Waals surface area contributed by atoms with E-state index in [0.717, 1.165) is 4.90 Å². The number of nitrogens with two attached hydrogens (primary N) is 2. The number of esters is 1. The molecular weight excluding hydrogens is 1020 g/mol. The molecule has 0 aliphatic carbocycles. The van der Waals surface area contributed by atoms with Gasteiger partial charge in [-0.1, -0.05) is 44.5 Å². The van der Waals surface area contributed by atoms with Crippen molar-refractivity contribution in [3.05, 3.63) is 59.7 Å². The zero-order valence-corrected chi connectivity index (χ0v) is 43.2. The van der Waals surface area contributed by atoms with Gasteiger partial charge in [-0.3, -0.25) is 43.1 Å². The largest absolute Gasteiger partial charge is 0.508 e. The van der Waals surface area contributed by atoms with Gasteiger partial charge < -0.3 is 78.1 Å². The number of phenols is 2. The van der Waals surface area contributed by atoms with Gasteiger partial charge in [0.15, 0.2) is 12.1 Å². The number of nitrogens with zero attached hydrogens (tertiary/aromatic N) is 3. The molecule has 0 radical (unpaired) electrons. The van der Waals surface area contributed by atoms with Crippen LogP contribution in [0.3, 0.4) is 0 Å². The van der Waals surface area contributed by atoms with Crippen molar-refractivity contribution in [3.8, 4) is 11.5 Å². The summed E-state index contributed by atoms with van der Waals surface area (Å²) < 4.78 is 41.3. The third-order valence-electron chi connectivity index (χ3n) is 12.8. The number of carbonyl (C=O) groups is 8. The van der Waals surface area contributed by atoms with E-state index in [0.29, 0.717) is 10.5 Å². The van der Waals surface area contributed by atoms with Gasteiger partial charge in [0.2, 0.25) is 35.4 Å². The van der Waals surface area contributed by atoms with Crippen LogP contribution < -0.4 is 38.1 Å². The van der Waals surface area contributed by atoms with Crippen molar-refractivity contribution in [2.75, 3.05) is 20.2 Å². The Bertz CT molecular complexity index is 2530. The number of hydrogen-bond acceptors (Lipinski definition) is 18. The van der Waals surface area contributed by atoms with Gasteiger partial charge in [0.05, 0.1) is 6.10 Å². The number of phenolic OH excluding ortho intramolecular Hbond substituents is 2. The molecule has 2 aromatic carbocycles. The van der Waals surface area contributed by atoms with Crippen LogP contribution in [0.1, 0.15) is 70.9 Å². The summed E-state index contributed by atoms with van der Waals surface area (Å²) in [6.07, 6.45) is -8.67. The molecule has 4 rings (SSSR count). The van der Waals surface area contributed by atoms with Gasteiger partial charge in [0, 0.05) is 26.4 Å². The van der Waals surface area contributed by atoms with Crippen LogP contribution in [0.2, 0.25) is 0 Å². The molecule has 29 heteroatoms. The predicted molar refractivity (Wildman–Crippen MR) is 266 cm³/mol. The number of hydrogen-bond donors (Lipinski definition) is 13. The molecule has 0 unspecified atom stereocenters. The highest BCUT2D eigenvalue weighted by Crippen LogP contribution is 2.25. The fraction of sp³-hybridized carbons (Fsp3) is 0.553. The van der Waals surface area contributed by atoms with Crippen LogP contribution in [-0.2, 0) is 70.5 Å². The lowest BCUT2D eigenvalue weighted by Gasteiger charge is -2.43. The number of aliphatic hydroxyl groups excluding tert-OH is 3. The number of carbonyl (C=O) groups excluding carboxylic acids is 8. The van der Waals surface area contributed by atoms with E-state index in [1.807, 2.05) is 0 Å². The Morgan fingerprint density at radius 3 is 2.05 bits per heavy atom. The summed E-state index contributed by atoms with van der Waals surface area (Å²) in [5, 5.41) is 65.1. The number of ether oxygens (including phenoxy) is 1. The van der Waals surface area contributed by atoms with Crippen LogP contribution in [0.4, 0.5) is 0 Å². The summed E-state index contributed by atoms with van der Waals surface area (Å²) >= 11 is 0. The standard InChI is InChI=1S/C47H68N10O18S/c1-6-23(2)36-46(70)75-25(4)37(55-40(64)32(20-26-9-13-28(59)14-10-26)53-42(66)34(61)22-74-76(71,72)73)43(67)51-30(8-7-19-50-47(48)49)39(63)52-31-17-18-35(62)57(44(31)68)38(24(3)58)45(69)56(5)33(41(65)54-36)21-27-11-15-29(60)16-12-27/h9-16,23-25,30-38,58-62H,6-8,17-22H2,1-5H3,(H,51,67)(H,52,63)(H,53,66)(H,54,65)(H,55,64)(H4,48,49,50)(H,71,72,73)/t23-,24-,25-,30+,31+,32+,33+,34-,35-,36+,37+,38-/m1/s1. The van der Waals surface area contributed by atoms with Crippen LogP contribution >= 0.6 is 0 Å². The molecule has 2 aliphatic rings. The second kappa shape index (κ2) is 27.6. The van der Waals surface area contributed by atoms with Crippen LogP contribution in [0.15, 0.2) is 53.5 Å². The molecule has 2 saturated heterocycles. The minimum atomic E-state index is -5.15. The number of piperidine rings is 1. The molecule has 76 heavy (non-hydrogen) atoms. The van der Waals surface area contributed by atoms with E-state index in [2.05, 4.69) is 35.8 Å². The van der Waals surface area contributed by atoms with E-state index in [1.165, 1.54) is 69.4 Å². The average molecular weight is 1090 g/mol. The highest BCUT2D eigenvalue weighted by Gasteiger charge is 2.47. The topological polar surface area (TPSA) is 442 Å². The Morgan fingerprint density at radius 2 is 1.49 bits per heavy atom. The number of nitrogens with one attached hydrogen (secondary N) is 5. The molecular formula is C47H68N10O18S. The van der Waals surface area contributed by atoms with Gasteiger partial charge >= 0.3 is 16.4 Å². The van der Waals surface area contributed by atoms with Crippen molar-refractivity contribution in [2.24, 2.45) is 22.4 Å². The highest BCUT2D eigenvalue weighted by atomic mass is 32.3. The maximum absolute atomic E-state index is 14.7. The molecule has 2 heterocycles. The number of rotatable bonds is 18. The summed E-state index contributed by atoms with van der Waals surface area (Å²) in [6, 6.07) is -1.10. The normalized spacial score (nSPS) is 24.9. The Morgan fingerprint density at radius 1 is 0.882 bits per heavy atom. The summed E-state index contributed by atoms with van der Waals surface area (Å²) in [5.74, 6) is -10.4. The minimum Gasteiger partial charge on any atom is -0.508 e. The van der Waals surface area contributed by atoms with Gasteiger partial charge in [-0.25, -0.2) is 8.98 Å². The number of amides is 7. The monoisotopic (exact) mass is 1090 g/mol. The average Bonchev–Trinajstić information content (AvgIpc) is 3.35. The number of likely N-dealkylation sites (N-methyl/N-ethyl adjacent to an activating group) is 1. The van der Waals surface area contributed by atoms with Gasteiger partial charge in [0.1, 0.15) is 72.7 Å². The first-order valence-electron chi connectivity index (χ1n) is 24.2. The SMILES string of the molecule is CC[C@@H](C)[C@@H]1NC(=O)[C@H](Cc2ccc(O)cc2)N(C)C(=O)[C@@H]([C@@H](C)O)N2C(=O)[C@H](CC[C@H]2O)NC(=O)[C@H](CCCN=C(N)N)NC(=O)[C@@H](NC(=O)[C@H](Cc2ccc(O)cc2)NC(=O)[C@H](O)COS(=O)(=O)O)[C@@H](C)OC1=O. The highest BCUT2D eigenvalue weighted by molar-refractivity contribution is 7.80. The third kappa shape index (κ3) is 17.4. The Labute approximate surface area is 437 Å². The summed E-state index contributed by atoms with van der Waals surface area (Å²) in [5.41, 5.74) is 11.7. The molecule has 0 saturated carbocycles. The molecule has 2 aliphatic heterocycles. The van der Waals surface area contributed by atoms with E-state index < -0.39 is 143 Å². The first-order valence-corrected chi connectivity index (χ1v) is 25.6. The smallest absolute Gasteiger partial charge is 0.397 e. The van der Waals surface area contributed by atoms with Crippen molar-refractivity contribution in [1.82, 2.24) is 36.4 Å². The molecule has 2 bridgehead atoms.